The van der Waals surface area contributed by atoms with Crippen molar-refractivity contribution >= 4 is 23.2 Å². The monoisotopic (exact) mass is 340 g/mol. The smallest absolute Gasteiger partial charge is 0.255 e. The molecule has 1 unspecified atom stereocenters. The Kier molecular flexibility index (Phi) is 5.30. The minimum absolute atomic E-state index is 0.0482. The van der Waals surface area contributed by atoms with Gasteiger partial charge in [0.15, 0.2) is 0 Å². The summed E-state index contributed by atoms with van der Waals surface area (Å²) in [5.41, 5.74) is 1.86. The van der Waals surface area contributed by atoms with Crippen LogP contribution in [0.1, 0.15) is 16.8 Å². The minimum atomic E-state index is -0.216. The molecule has 0 radical (unpaired) electrons. The standard InChI is InChI=1S/C19H20N2O4/c1-24-17-8-6-16(7-9-17)20-18(22)13-2-4-15(5-3-13)21-19(23)14-10-11-25-12-14/h2-9,14H,10-12H2,1H3,(H,20,22)(H,21,23). The van der Waals surface area contributed by atoms with Crippen molar-refractivity contribution in [1.82, 2.24) is 0 Å². The predicted octanol–water partition coefficient (Wildman–Crippen LogP) is 2.92. The molecule has 0 bridgehead atoms. The van der Waals surface area contributed by atoms with Gasteiger partial charge in [-0.1, -0.05) is 0 Å². The van der Waals surface area contributed by atoms with Crippen molar-refractivity contribution in [2.45, 2.75) is 6.42 Å². The Labute approximate surface area is 146 Å². The molecule has 0 aliphatic carbocycles. The SMILES string of the molecule is COc1ccc(NC(=O)c2ccc(NC(=O)C3CCOC3)cc2)cc1. The van der Waals surface area contributed by atoms with Crippen LogP contribution in [0, 0.1) is 5.92 Å². The third kappa shape index (κ3) is 4.36. The molecule has 1 atom stereocenters. The lowest BCUT2D eigenvalue weighted by atomic mass is 10.1. The molecule has 0 saturated carbocycles. The van der Waals surface area contributed by atoms with Gasteiger partial charge in [-0.2, -0.15) is 0 Å². The molecule has 1 saturated heterocycles. The van der Waals surface area contributed by atoms with Gasteiger partial charge in [-0.3, -0.25) is 9.59 Å². The number of nitrogens with one attached hydrogen (secondary N) is 2. The normalized spacial score (nSPS) is 16.3. The number of hydrogen-bond donors (Lipinski definition) is 2. The van der Waals surface area contributed by atoms with Gasteiger partial charge in [0, 0.05) is 23.5 Å². The second-order valence-electron chi connectivity index (χ2n) is 5.81. The molecule has 0 spiro atoms. The minimum Gasteiger partial charge on any atom is -0.497 e. The number of carbonyl (C=O) groups is 2. The molecule has 1 aliphatic heterocycles. The molecule has 25 heavy (non-hydrogen) atoms. The van der Waals surface area contributed by atoms with E-state index in [1.54, 1.807) is 55.6 Å². The van der Waals surface area contributed by atoms with E-state index in [1.807, 2.05) is 0 Å². The van der Waals surface area contributed by atoms with E-state index in [0.717, 1.165) is 12.2 Å². The Morgan fingerprint density at radius 2 is 1.64 bits per heavy atom. The van der Waals surface area contributed by atoms with Crippen LogP contribution in [-0.2, 0) is 9.53 Å². The maximum Gasteiger partial charge on any atom is 0.255 e. The van der Waals surface area contributed by atoms with Gasteiger partial charge >= 0.3 is 0 Å². The van der Waals surface area contributed by atoms with Crippen molar-refractivity contribution in [3.63, 3.8) is 0 Å². The Bertz CT molecular complexity index is 735. The molecule has 3 rings (SSSR count). The van der Waals surface area contributed by atoms with Crippen LogP contribution in [0.4, 0.5) is 11.4 Å². The van der Waals surface area contributed by atoms with Gasteiger partial charge in [0.2, 0.25) is 5.91 Å². The fourth-order valence-corrected chi connectivity index (χ4v) is 2.57. The van der Waals surface area contributed by atoms with Crippen LogP contribution >= 0.6 is 0 Å². The molecule has 130 valence electrons. The molecule has 2 amide bonds. The van der Waals surface area contributed by atoms with E-state index in [4.69, 9.17) is 9.47 Å². The van der Waals surface area contributed by atoms with E-state index in [0.29, 0.717) is 30.2 Å². The maximum absolute atomic E-state index is 12.3. The number of carbonyl (C=O) groups excluding carboxylic acids is 2. The van der Waals surface area contributed by atoms with Gasteiger partial charge in [-0.25, -0.2) is 0 Å². The molecular weight excluding hydrogens is 320 g/mol. The van der Waals surface area contributed by atoms with Crippen LogP contribution < -0.4 is 15.4 Å². The molecule has 6 nitrogen and oxygen atoms in total. The molecule has 2 aromatic rings. The number of hydrogen-bond acceptors (Lipinski definition) is 4. The molecule has 6 heteroatoms. The van der Waals surface area contributed by atoms with Crippen LogP contribution in [0.3, 0.4) is 0 Å². The molecule has 0 aromatic heterocycles. The molecule has 1 aliphatic rings. The first kappa shape index (κ1) is 17.0. The molecular formula is C19H20N2O4. The number of methoxy groups -OCH3 is 1. The molecule has 2 aromatic carbocycles. The second-order valence-corrected chi connectivity index (χ2v) is 5.81. The zero-order valence-corrected chi connectivity index (χ0v) is 14.0. The van der Waals surface area contributed by atoms with Crippen molar-refractivity contribution in [3.05, 3.63) is 54.1 Å². The third-order valence-electron chi connectivity index (χ3n) is 4.06. The largest absolute Gasteiger partial charge is 0.497 e. The van der Waals surface area contributed by atoms with Gasteiger partial charge in [-0.15, -0.1) is 0 Å². The van der Waals surface area contributed by atoms with Gasteiger partial charge in [0.25, 0.3) is 5.91 Å². The van der Waals surface area contributed by atoms with Crippen LogP contribution in [0.2, 0.25) is 0 Å². The number of benzene rings is 2. The highest BCUT2D eigenvalue weighted by molar-refractivity contribution is 6.04. The highest BCUT2D eigenvalue weighted by Gasteiger charge is 2.23. The second kappa shape index (κ2) is 7.81. The first-order chi connectivity index (χ1) is 12.2. The number of anilines is 2. The van der Waals surface area contributed by atoms with E-state index in [1.165, 1.54) is 0 Å². The van der Waals surface area contributed by atoms with Gasteiger partial charge in [0.1, 0.15) is 5.75 Å². The number of amides is 2. The quantitative estimate of drug-likeness (QED) is 0.877. The van der Waals surface area contributed by atoms with Crippen molar-refractivity contribution in [3.8, 4) is 5.75 Å². The van der Waals surface area contributed by atoms with Gasteiger partial charge < -0.3 is 20.1 Å². The lowest BCUT2D eigenvalue weighted by molar-refractivity contribution is -0.119. The van der Waals surface area contributed by atoms with E-state index >= 15 is 0 Å². The van der Waals surface area contributed by atoms with Crippen LogP contribution in [0.25, 0.3) is 0 Å². The summed E-state index contributed by atoms with van der Waals surface area (Å²) >= 11 is 0. The first-order valence-electron chi connectivity index (χ1n) is 8.10. The summed E-state index contributed by atoms with van der Waals surface area (Å²) in [5.74, 6) is 0.365. The van der Waals surface area contributed by atoms with Gasteiger partial charge in [0.05, 0.1) is 19.6 Å². The molecule has 1 heterocycles. The summed E-state index contributed by atoms with van der Waals surface area (Å²) in [6.07, 6.45) is 0.744. The van der Waals surface area contributed by atoms with Crippen LogP contribution in [0.15, 0.2) is 48.5 Å². The van der Waals surface area contributed by atoms with E-state index < -0.39 is 0 Å². The summed E-state index contributed by atoms with van der Waals surface area (Å²) in [5, 5.41) is 5.66. The summed E-state index contributed by atoms with van der Waals surface area (Å²) in [6.45, 7) is 1.09. The van der Waals surface area contributed by atoms with E-state index in [9.17, 15) is 9.59 Å². The Balaban J connectivity index is 1.58. The Morgan fingerprint density at radius 1 is 1.00 bits per heavy atom. The lowest BCUT2D eigenvalue weighted by Gasteiger charge is -2.10. The molecule has 1 fully saturated rings. The zero-order valence-electron chi connectivity index (χ0n) is 14.0. The fraction of sp³-hybridized carbons (Fsp3) is 0.263. The topological polar surface area (TPSA) is 76.7 Å². The fourth-order valence-electron chi connectivity index (χ4n) is 2.57. The number of ether oxygens (including phenoxy) is 2. The van der Waals surface area contributed by atoms with Crippen molar-refractivity contribution in [1.29, 1.82) is 0 Å². The maximum atomic E-state index is 12.3. The summed E-state index contributed by atoms with van der Waals surface area (Å²) in [4.78, 5) is 24.3. The van der Waals surface area contributed by atoms with E-state index in [2.05, 4.69) is 10.6 Å². The average Bonchev–Trinajstić information content (AvgIpc) is 3.18. The van der Waals surface area contributed by atoms with Crippen LogP contribution in [-0.4, -0.2) is 32.1 Å². The Hall–Kier alpha value is -2.86. The zero-order chi connectivity index (χ0) is 17.6. The van der Waals surface area contributed by atoms with Crippen molar-refractivity contribution in [2.24, 2.45) is 5.92 Å². The molecule has 2 N–H and O–H groups in total. The number of rotatable bonds is 5. The van der Waals surface area contributed by atoms with E-state index in [-0.39, 0.29) is 17.7 Å². The Morgan fingerprint density at radius 3 is 2.24 bits per heavy atom. The lowest BCUT2D eigenvalue weighted by Crippen LogP contribution is -2.22. The summed E-state index contributed by atoms with van der Waals surface area (Å²) in [7, 11) is 1.59. The summed E-state index contributed by atoms with van der Waals surface area (Å²) in [6, 6.07) is 13.9. The van der Waals surface area contributed by atoms with Crippen molar-refractivity contribution < 1.29 is 19.1 Å². The average molecular weight is 340 g/mol. The first-order valence-corrected chi connectivity index (χ1v) is 8.10. The predicted molar refractivity (Wildman–Crippen MR) is 94.9 cm³/mol. The van der Waals surface area contributed by atoms with Crippen molar-refractivity contribution in [2.75, 3.05) is 31.0 Å². The summed E-state index contributed by atoms with van der Waals surface area (Å²) < 4.78 is 10.3. The highest BCUT2D eigenvalue weighted by Crippen LogP contribution is 2.18. The highest BCUT2D eigenvalue weighted by atomic mass is 16.5. The van der Waals surface area contributed by atoms with Crippen LogP contribution in [0.5, 0.6) is 5.75 Å². The van der Waals surface area contributed by atoms with Gasteiger partial charge in [-0.05, 0) is 55.0 Å². The third-order valence-corrected chi connectivity index (χ3v) is 4.06.